The smallest absolute Gasteiger partial charge is 0.191 e. The summed E-state index contributed by atoms with van der Waals surface area (Å²) in [5.74, 6) is 2.75. The Morgan fingerprint density at radius 1 is 1.08 bits per heavy atom. The summed E-state index contributed by atoms with van der Waals surface area (Å²) >= 11 is 0. The second-order valence-corrected chi connectivity index (χ2v) is 9.54. The van der Waals surface area contributed by atoms with Crippen molar-refractivity contribution in [3.63, 3.8) is 0 Å². The van der Waals surface area contributed by atoms with E-state index in [-0.39, 0.29) is 0 Å². The highest BCUT2D eigenvalue weighted by atomic mass is 16.5. The maximum absolute atomic E-state index is 6.13. The normalized spacial score (nSPS) is 37.6. The fourth-order valence-electron chi connectivity index (χ4n) is 6.34. The number of ether oxygens (including phenoxy) is 1. The van der Waals surface area contributed by atoms with Crippen LogP contribution in [0.5, 0.6) is 0 Å². The summed E-state index contributed by atoms with van der Waals surface area (Å²) in [5, 5.41) is 7.61. The average molecular weight is 361 g/mol. The quantitative estimate of drug-likeness (QED) is 0.597. The number of piperidine rings is 1. The molecule has 2 heterocycles. The number of hydrogen-bond donors (Lipinski definition) is 2. The van der Waals surface area contributed by atoms with Crippen LogP contribution in [0.4, 0.5) is 0 Å². The number of nitrogens with zero attached hydrogens (tertiary/aromatic N) is 2. The van der Waals surface area contributed by atoms with Gasteiger partial charge in [-0.05, 0) is 50.9 Å². The first-order valence-corrected chi connectivity index (χ1v) is 11.1. The Bertz CT molecular complexity index is 532. The molecule has 5 nitrogen and oxygen atoms in total. The fraction of sp³-hybridized carbons (Fsp3) is 0.952. The molecule has 2 N–H and O–H groups in total. The molecule has 2 aliphatic heterocycles. The van der Waals surface area contributed by atoms with E-state index in [4.69, 9.17) is 4.74 Å². The maximum Gasteiger partial charge on any atom is 0.191 e. The average Bonchev–Trinajstić information content (AvgIpc) is 3.15. The molecule has 0 bridgehead atoms. The van der Waals surface area contributed by atoms with Crippen LogP contribution in [0.3, 0.4) is 0 Å². The van der Waals surface area contributed by atoms with Gasteiger partial charge in [0.15, 0.2) is 5.96 Å². The van der Waals surface area contributed by atoms with Crippen LogP contribution in [0, 0.1) is 17.3 Å². The van der Waals surface area contributed by atoms with Crippen LogP contribution < -0.4 is 10.6 Å². The molecule has 3 atom stereocenters. The van der Waals surface area contributed by atoms with Crippen molar-refractivity contribution in [2.24, 2.45) is 22.2 Å². The molecule has 5 rings (SSSR count). The van der Waals surface area contributed by atoms with Gasteiger partial charge in [-0.1, -0.05) is 12.8 Å². The number of nitrogens with one attached hydrogen (secondary N) is 2. The number of aliphatic imine (C=N–C) groups is 1. The lowest BCUT2D eigenvalue weighted by atomic mass is 9.54. The van der Waals surface area contributed by atoms with Gasteiger partial charge in [-0.15, -0.1) is 0 Å². The zero-order valence-electron chi connectivity index (χ0n) is 16.4. The summed E-state index contributed by atoms with van der Waals surface area (Å²) < 4.78 is 6.13. The minimum atomic E-state index is 0.395. The summed E-state index contributed by atoms with van der Waals surface area (Å²) in [7, 11) is 1.93. The van der Waals surface area contributed by atoms with E-state index in [9.17, 15) is 0 Å². The number of guanidine groups is 1. The molecular formula is C21H36N4O. The third-order valence-corrected chi connectivity index (χ3v) is 7.94. The number of rotatable bonds is 4. The Hall–Kier alpha value is -0.810. The van der Waals surface area contributed by atoms with Gasteiger partial charge in [-0.3, -0.25) is 4.99 Å². The van der Waals surface area contributed by atoms with Gasteiger partial charge in [0.25, 0.3) is 0 Å². The number of likely N-dealkylation sites (tertiary alicyclic amines) is 1. The fourth-order valence-corrected chi connectivity index (χ4v) is 6.34. The van der Waals surface area contributed by atoms with Crippen molar-refractivity contribution in [3.05, 3.63) is 0 Å². The highest BCUT2D eigenvalue weighted by Crippen LogP contribution is 2.60. The van der Waals surface area contributed by atoms with Crippen molar-refractivity contribution >= 4 is 5.96 Å². The summed E-state index contributed by atoms with van der Waals surface area (Å²) in [4.78, 5) is 7.26. The van der Waals surface area contributed by atoms with E-state index in [0.29, 0.717) is 29.5 Å². The molecule has 3 aliphatic carbocycles. The van der Waals surface area contributed by atoms with E-state index in [1.165, 1.54) is 77.4 Å². The molecule has 1 spiro atoms. The monoisotopic (exact) mass is 360 g/mol. The van der Waals surface area contributed by atoms with E-state index in [0.717, 1.165) is 18.5 Å². The second-order valence-electron chi connectivity index (χ2n) is 9.54. The largest absolute Gasteiger partial charge is 0.377 e. The molecule has 0 aromatic heterocycles. The number of fused-ring (bicyclic) bond motifs is 2. The second kappa shape index (κ2) is 6.97. The first-order chi connectivity index (χ1) is 12.8. The molecule has 3 unspecified atom stereocenters. The third-order valence-electron chi connectivity index (χ3n) is 7.94. The van der Waals surface area contributed by atoms with Gasteiger partial charge < -0.3 is 20.3 Å². The molecular weight excluding hydrogens is 324 g/mol. The summed E-state index contributed by atoms with van der Waals surface area (Å²) in [6.45, 7) is 4.79. The third kappa shape index (κ3) is 3.05. The Morgan fingerprint density at radius 3 is 2.54 bits per heavy atom. The highest BCUT2D eigenvalue weighted by molar-refractivity contribution is 5.80. The minimum absolute atomic E-state index is 0.395. The lowest BCUT2D eigenvalue weighted by Crippen LogP contribution is -2.69. The molecule has 0 radical (unpaired) electrons. The van der Waals surface area contributed by atoms with Crippen molar-refractivity contribution in [1.82, 2.24) is 15.5 Å². The molecule has 5 heteroatoms. The van der Waals surface area contributed by atoms with Crippen molar-refractivity contribution in [3.8, 4) is 0 Å². The van der Waals surface area contributed by atoms with Crippen molar-refractivity contribution in [2.75, 3.05) is 33.3 Å². The van der Waals surface area contributed by atoms with Gasteiger partial charge in [-0.2, -0.15) is 0 Å². The van der Waals surface area contributed by atoms with Crippen LogP contribution in [-0.4, -0.2) is 62.3 Å². The van der Waals surface area contributed by atoms with Crippen LogP contribution in [0.1, 0.15) is 57.8 Å². The Labute approximate surface area is 158 Å². The van der Waals surface area contributed by atoms with Crippen molar-refractivity contribution < 1.29 is 4.74 Å². The van der Waals surface area contributed by atoms with E-state index in [1.807, 2.05) is 7.05 Å². The van der Waals surface area contributed by atoms with Crippen LogP contribution in [0.15, 0.2) is 4.99 Å². The lowest BCUT2D eigenvalue weighted by molar-refractivity contribution is -0.125. The SMILES string of the molecule is CN=C(NC1CCN(CC2CC2)CC1)NC1C2CCOC2C12CCCC2. The zero-order chi connectivity index (χ0) is 17.6. The van der Waals surface area contributed by atoms with E-state index in [2.05, 4.69) is 20.5 Å². The highest BCUT2D eigenvalue weighted by Gasteiger charge is 2.65. The summed E-state index contributed by atoms with van der Waals surface area (Å²) in [6, 6.07) is 1.14. The van der Waals surface area contributed by atoms with E-state index < -0.39 is 0 Å². The van der Waals surface area contributed by atoms with Crippen molar-refractivity contribution in [2.45, 2.75) is 76.0 Å². The van der Waals surface area contributed by atoms with Gasteiger partial charge in [0.1, 0.15) is 0 Å². The number of hydrogen-bond acceptors (Lipinski definition) is 3. The van der Waals surface area contributed by atoms with E-state index in [1.54, 1.807) is 0 Å². The molecule has 26 heavy (non-hydrogen) atoms. The standard InChI is InChI=1S/C21H36N4O/c1-22-20(23-16-6-11-25(12-7-16)14-15-4-5-15)24-18-17-8-13-26-19(17)21(18)9-2-3-10-21/h15-19H,2-14H2,1H3,(H2,22,23,24). The van der Waals surface area contributed by atoms with Gasteiger partial charge in [-0.25, -0.2) is 0 Å². The van der Waals surface area contributed by atoms with Gasteiger partial charge in [0, 0.05) is 56.7 Å². The van der Waals surface area contributed by atoms with Gasteiger partial charge in [0.05, 0.1) is 6.10 Å². The van der Waals surface area contributed by atoms with Gasteiger partial charge in [0.2, 0.25) is 0 Å². The first-order valence-electron chi connectivity index (χ1n) is 11.1. The Morgan fingerprint density at radius 2 is 1.85 bits per heavy atom. The lowest BCUT2D eigenvalue weighted by Gasteiger charge is -2.57. The summed E-state index contributed by atoms with van der Waals surface area (Å²) in [5.41, 5.74) is 0.395. The predicted octanol–water partition coefficient (Wildman–Crippen LogP) is 2.37. The molecule has 3 saturated carbocycles. The molecule has 2 saturated heterocycles. The first kappa shape index (κ1) is 17.3. The summed E-state index contributed by atoms with van der Waals surface area (Å²) in [6.07, 6.45) is 12.6. The van der Waals surface area contributed by atoms with Crippen LogP contribution in [0.25, 0.3) is 0 Å². The molecule has 0 aromatic rings. The minimum Gasteiger partial charge on any atom is -0.377 e. The van der Waals surface area contributed by atoms with Crippen LogP contribution in [-0.2, 0) is 4.74 Å². The zero-order valence-corrected chi connectivity index (χ0v) is 16.4. The van der Waals surface area contributed by atoms with Gasteiger partial charge >= 0.3 is 0 Å². The topological polar surface area (TPSA) is 48.9 Å². The van der Waals surface area contributed by atoms with Crippen molar-refractivity contribution in [1.29, 1.82) is 0 Å². The molecule has 0 amide bonds. The maximum atomic E-state index is 6.13. The van der Waals surface area contributed by atoms with E-state index >= 15 is 0 Å². The molecule has 5 aliphatic rings. The molecule has 5 fully saturated rings. The molecule has 0 aromatic carbocycles. The molecule has 146 valence electrons. The van der Waals surface area contributed by atoms with Crippen LogP contribution in [0.2, 0.25) is 0 Å². The predicted molar refractivity (Wildman–Crippen MR) is 104 cm³/mol. The van der Waals surface area contributed by atoms with Crippen LogP contribution >= 0.6 is 0 Å². The Balaban J connectivity index is 1.16. The Kier molecular flexibility index (Phi) is 4.64.